The zero-order valence-electron chi connectivity index (χ0n) is 19.8. The van der Waals surface area contributed by atoms with Gasteiger partial charge in [-0.3, -0.25) is 9.48 Å². The number of anilines is 1. The van der Waals surface area contributed by atoms with Crippen LogP contribution in [0, 0.1) is 5.92 Å². The van der Waals surface area contributed by atoms with Gasteiger partial charge in [0.1, 0.15) is 18.4 Å². The van der Waals surface area contributed by atoms with Crippen LogP contribution < -0.4 is 5.32 Å². The average molecular weight is 510 g/mol. The van der Waals surface area contributed by atoms with Crippen molar-refractivity contribution in [3.05, 3.63) is 48.2 Å². The summed E-state index contributed by atoms with van der Waals surface area (Å²) in [7, 11) is -3.42. The van der Waals surface area contributed by atoms with Gasteiger partial charge in [0.05, 0.1) is 18.0 Å². The summed E-state index contributed by atoms with van der Waals surface area (Å²) < 4.78 is 64.1. The maximum Gasteiger partial charge on any atom is 0.257 e. The molecule has 8 nitrogen and oxygen atoms in total. The Morgan fingerprint density at radius 1 is 1.20 bits per heavy atom. The fourth-order valence-corrected chi connectivity index (χ4v) is 4.93. The molecular weight excluding hydrogens is 480 g/mol. The van der Waals surface area contributed by atoms with Crippen molar-refractivity contribution in [2.45, 2.75) is 62.4 Å². The maximum absolute atomic E-state index is 13.8. The van der Waals surface area contributed by atoms with Crippen LogP contribution in [0.25, 0.3) is 5.57 Å². The van der Waals surface area contributed by atoms with Crippen LogP contribution in [0.5, 0.6) is 0 Å². The van der Waals surface area contributed by atoms with Crippen LogP contribution in [0.1, 0.15) is 32.3 Å². The summed E-state index contributed by atoms with van der Waals surface area (Å²) in [6.45, 7) is 4.53. The number of aromatic nitrogens is 2. The van der Waals surface area contributed by atoms with Gasteiger partial charge in [0.25, 0.3) is 5.91 Å². The van der Waals surface area contributed by atoms with Gasteiger partial charge in [-0.05, 0) is 50.3 Å². The molecule has 0 bridgehead atoms. The minimum Gasteiger partial charge on any atom is -0.348 e. The molecule has 11 heteroatoms. The molecule has 2 aromatic rings. The molecule has 4 atom stereocenters. The van der Waals surface area contributed by atoms with Crippen molar-refractivity contribution in [3.8, 4) is 0 Å². The molecule has 1 N–H and O–H groups in total. The van der Waals surface area contributed by atoms with Gasteiger partial charge in [0, 0.05) is 24.1 Å². The Bertz CT molecular complexity index is 1200. The van der Waals surface area contributed by atoms with Crippen molar-refractivity contribution in [3.63, 3.8) is 0 Å². The van der Waals surface area contributed by atoms with Crippen LogP contribution in [0.2, 0.25) is 0 Å². The third-order valence-electron chi connectivity index (χ3n) is 6.03. The molecule has 4 rings (SSSR count). The molecule has 1 aliphatic carbocycles. The van der Waals surface area contributed by atoms with Crippen molar-refractivity contribution in [2.24, 2.45) is 5.92 Å². The number of nitrogens with zero attached hydrogens (tertiary/aromatic N) is 2. The molecule has 1 unspecified atom stereocenters. The molecule has 0 radical (unpaired) electrons. The first-order valence-electron chi connectivity index (χ1n) is 11.4. The standard InChI is InChI=1S/C24H29F2N3O5S/c1-24(2)33-14-17(34-24)13-29-9-8-22(28-29)27-23(30)19(10-15-11-20(25)21(26)12-15)16-4-6-18(7-5-16)35(3,31)32/h4-10,15,17,20-21H,11-14H2,1-3H3,(H,27,28,30)/b19-10+/t15?,17-,20-,21+/m0/s1. The Balaban J connectivity index is 1.52. The summed E-state index contributed by atoms with van der Waals surface area (Å²) in [6, 6.07) is 7.45. The van der Waals surface area contributed by atoms with E-state index < -0.39 is 39.8 Å². The lowest BCUT2D eigenvalue weighted by Crippen LogP contribution is -2.24. The molecule has 1 aromatic carbocycles. The number of hydrogen-bond acceptors (Lipinski definition) is 6. The number of sulfone groups is 1. The first-order chi connectivity index (χ1) is 16.4. The lowest BCUT2D eigenvalue weighted by Gasteiger charge is -2.16. The van der Waals surface area contributed by atoms with Crippen LogP contribution in [-0.4, -0.2) is 61.2 Å². The molecule has 2 aliphatic rings. The van der Waals surface area contributed by atoms with E-state index in [1.807, 2.05) is 13.8 Å². The Kier molecular flexibility index (Phi) is 7.12. The largest absolute Gasteiger partial charge is 0.348 e. The highest BCUT2D eigenvalue weighted by Gasteiger charge is 2.34. The van der Waals surface area contributed by atoms with Gasteiger partial charge in [-0.25, -0.2) is 17.2 Å². The van der Waals surface area contributed by atoms with Crippen molar-refractivity contribution < 1.29 is 31.5 Å². The number of alkyl halides is 2. The van der Waals surface area contributed by atoms with E-state index in [9.17, 15) is 22.0 Å². The van der Waals surface area contributed by atoms with Crippen molar-refractivity contribution >= 4 is 27.1 Å². The fourth-order valence-electron chi connectivity index (χ4n) is 4.30. The number of carbonyl (C=O) groups excluding carboxylic acids is 1. The monoisotopic (exact) mass is 509 g/mol. The van der Waals surface area contributed by atoms with Crippen LogP contribution in [0.3, 0.4) is 0 Å². The van der Waals surface area contributed by atoms with Gasteiger partial charge < -0.3 is 14.8 Å². The Labute approximate surface area is 203 Å². The number of hydrogen-bond donors (Lipinski definition) is 1. The second-order valence-electron chi connectivity index (χ2n) is 9.47. The van der Waals surface area contributed by atoms with Crippen LogP contribution in [-0.2, 0) is 30.7 Å². The lowest BCUT2D eigenvalue weighted by molar-refractivity contribution is -0.139. The molecule has 2 fully saturated rings. The number of benzene rings is 1. The van der Waals surface area contributed by atoms with Gasteiger partial charge in [0.15, 0.2) is 21.4 Å². The summed E-state index contributed by atoms with van der Waals surface area (Å²) in [4.78, 5) is 13.3. The first kappa shape index (κ1) is 25.5. The maximum atomic E-state index is 13.8. The van der Waals surface area contributed by atoms with E-state index in [-0.39, 0.29) is 29.4 Å². The number of amides is 1. The van der Waals surface area contributed by atoms with E-state index in [4.69, 9.17) is 9.47 Å². The van der Waals surface area contributed by atoms with Crippen molar-refractivity contribution in [2.75, 3.05) is 18.2 Å². The number of nitrogens with one attached hydrogen (secondary N) is 1. The lowest BCUT2D eigenvalue weighted by atomic mass is 9.98. The second-order valence-corrected chi connectivity index (χ2v) is 11.5. The number of ether oxygens (including phenoxy) is 2. The summed E-state index contributed by atoms with van der Waals surface area (Å²) in [5.41, 5.74) is 0.631. The molecule has 2 heterocycles. The minimum absolute atomic E-state index is 0.0200. The van der Waals surface area contributed by atoms with Gasteiger partial charge in [-0.2, -0.15) is 5.10 Å². The molecule has 1 saturated carbocycles. The summed E-state index contributed by atoms with van der Waals surface area (Å²) >= 11 is 0. The topological polar surface area (TPSA) is 99.5 Å². The average Bonchev–Trinajstić information content (AvgIpc) is 3.44. The third kappa shape index (κ3) is 6.33. The zero-order valence-corrected chi connectivity index (χ0v) is 20.6. The van der Waals surface area contributed by atoms with Crippen LogP contribution in [0.15, 0.2) is 47.5 Å². The minimum atomic E-state index is -3.42. The van der Waals surface area contributed by atoms with Gasteiger partial charge in [-0.1, -0.05) is 18.2 Å². The molecule has 1 aromatic heterocycles. The quantitative estimate of drug-likeness (QED) is 0.573. The second kappa shape index (κ2) is 9.79. The highest BCUT2D eigenvalue weighted by atomic mass is 32.2. The molecule has 35 heavy (non-hydrogen) atoms. The van der Waals surface area contributed by atoms with Crippen LogP contribution >= 0.6 is 0 Å². The van der Waals surface area contributed by atoms with E-state index in [0.29, 0.717) is 24.5 Å². The molecule has 1 amide bonds. The smallest absolute Gasteiger partial charge is 0.257 e. The van der Waals surface area contributed by atoms with E-state index in [1.165, 1.54) is 24.3 Å². The zero-order chi connectivity index (χ0) is 25.4. The summed E-state index contributed by atoms with van der Waals surface area (Å²) in [5, 5.41) is 7.09. The molecule has 1 aliphatic heterocycles. The normalized spacial score (nSPS) is 26.7. The number of halogens is 2. The highest BCUT2D eigenvalue weighted by Crippen LogP contribution is 2.34. The van der Waals surface area contributed by atoms with E-state index in [0.717, 1.165) is 6.26 Å². The SMILES string of the molecule is CC1(C)OC[C@H](Cn2ccc(NC(=O)/C(=C/C3C[C@@H](F)[C@@H](F)C3)c3ccc(S(C)(=O)=O)cc3)n2)O1. The van der Waals surface area contributed by atoms with Crippen LogP contribution in [0.4, 0.5) is 14.6 Å². The van der Waals surface area contributed by atoms with Gasteiger partial charge >= 0.3 is 0 Å². The Morgan fingerprint density at radius 3 is 2.43 bits per heavy atom. The molecule has 0 spiro atoms. The van der Waals surface area contributed by atoms with Gasteiger partial charge in [-0.15, -0.1) is 0 Å². The van der Waals surface area contributed by atoms with Crippen molar-refractivity contribution in [1.82, 2.24) is 9.78 Å². The predicted molar refractivity (Wildman–Crippen MR) is 126 cm³/mol. The Hall–Kier alpha value is -2.63. The van der Waals surface area contributed by atoms with Gasteiger partial charge in [0.2, 0.25) is 0 Å². The first-order valence-corrected chi connectivity index (χ1v) is 13.3. The number of carbonyl (C=O) groups is 1. The van der Waals surface area contributed by atoms with E-state index in [2.05, 4.69) is 10.4 Å². The molecule has 190 valence electrons. The fraction of sp³-hybridized carbons (Fsp3) is 0.500. The molecule has 1 saturated heterocycles. The Morgan fingerprint density at radius 2 is 1.86 bits per heavy atom. The number of rotatable bonds is 7. The third-order valence-corrected chi connectivity index (χ3v) is 7.16. The summed E-state index contributed by atoms with van der Waals surface area (Å²) in [5.74, 6) is -1.33. The predicted octanol–water partition coefficient (Wildman–Crippen LogP) is 3.55. The number of allylic oxidation sites excluding steroid dienone is 1. The van der Waals surface area contributed by atoms with E-state index in [1.54, 1.807) is 23.0 Å². The highest BCUT2D eigenvalue weighted by molar-refractivity contribution is 7.90. The van der Waals surface area contributed by atoms with E-state index >= 15 is 0 Å². The van der Waals surface area contributed by atoms with Crippen molar-refractivity contribution in [1.29, 1.82) is 0 Å². The summed E-state index contributed by atoms with van der Waals surface area (Å²) in [6.07, 6.45) is 0.981. The molecular formula is C24H29F2N3O5S.